The van der Waals surface area contributed by atoms with Gasteiger partial charge in [0.15, 0.2) is 11.5 Å². The van der Waals surface area contributed by atoms with Crippen molar-refractivity contribution in [2.75, 3.05) is 18.2 Å². The number of ether oxygens (including phenoxy) is 2. The number of benzene rings is 1. The average Bonchev–Trinajstić information content (AvgIpc) is 3.41. The van der Waals surface area contributed by atoms with Crippen LogP contribution in [0.25, 0.3) is 0 Å². The SMILES string of the molecule is C[C@H](NC(=O)C1CC(=O)N(c2ccc3c(c2)OCO3)C1)C(=O)NC1CCCC1. The Kier molecular flexibility index (Phi) is 5.11. The second kappa shape index (κ2) is 7.69. The van der Waals surface area contributed by atoms with Gasteiger partial charge in [0.1, 0.15) is 6.04 Å². The van der Waals surface area contributed by atoms with Gasteiger partial charge < -0.3 is 25.0 Å². The lowest BCUT2D eigenvalue weighted by Crippen LogP contribution is -2.49. The minimum Gasteiger partial charge on any atom is -0.454 e. The minimum atomic E-state index is -0.622. The number of hydrogen-bond acceptors (Lipinski definition) is 5. The minimum absolute atomic E-state index is 0.122. The summed E-state index contributed by atoms with van der Waals surface area (Å²) in [6.45, 7) is 2.12. The van der Waals surface area contributed by atoms with Crippen molar-refractivity contribution in [2.24, 2.45) is 5.92 Å². The second-order valence-corrected chi connectivity index (χ2v) is 7.66. The monoisotopic (exact) mass is 387 g/mol. The number of fused-ring (bicyclic) bond motifs is 1. The molecule has 0 aromatic heterocycles. The van der Waals surface area contributed by atoms with Gasteiger partial charge in [-0.15, -0.1) is 0 Å². The van der Waals surface area contributed by atoms with E-state index in [2.05, 4.69) is 10.6 Å². The summed E-state index contributed by atoms with van der Waals surface area (Å²) in [5, 5.41) is 5.74. The zero-order valence-electron chi connectivity index (χ0n) is 15.9. The van der Waals surface area contributed by atoms with E-state index in [4.69, 9.17) is 9.47 Å². The van der Waals surface area contributed by atoms with Crippen LogP contribution in [0.2, 0.25) is 0 Å². The molecule has 1 aromatic rings. The first-order chi connectivity index (χ1) is 13.5. The van der Waals surface area contributed by atoms with Crippen LogP contribution < -0.4 is 25.0 Å². The molecule has 2 fully saturated rings. The fourth-order valence-electron chi connectivity index (χ4n) is 3.98. The molecule has 8 heteroatoms. The molecule has 0 spiro atoms. The molecule has 2 atom stereocenters. The number of nitrogens with zero attached hydrogens (tertiary/aromatic N) is 1. The molecule has 8 nitrogen and oxygen atoms in total. The van der Waals surface area contributed by atoms with E-state index in [1.54, 1.807) is 30.0 Å². The number of amides is 3. The Morgan fingerprint density at radius 1 is 1.18 bits per heavy atom. The largest absolute Gasteiger partial charge is 0.454 e. The highest BCUT2D eigenvalue weighted by Gasteiger charge is 2.36. The zero-order chi connectivity index (χ0) is 19.7. The summed E-state index contributed by atoms with van der Waals surface area (Å²) >= 11 is 0. The van der Waals surface area contributed by atoms with Crippen molar-refractivity contribution in [3.63, 3.8) is 0 Å². The van der Waals surface area contributed by atoms with Crippen molar-refractivity contribution < 1.29 is 23.9 Å². The topological polar surface area (TPSA) is 97.0 Å². The van der Waals surface area contributed by atoms with E-state index in [1.807, 2.05) is 0 Å². The van der Waals surface area contributed by atoms with Crippen LogP contribution in [0.1, 0.15) is 39.0 Å². The normalized spacial score (nSPS) is 22.4. The Morgan fingerprint density at radius 3 is 2.71 bits per heavy atom. The molecular weight excluding hydrogens is 362 g/mol. The van der Waals surface area contributed by atoms with E-state index in [0.29, 0.717) is 17.2 Å². The fourth-order valence-corrected chi connectivity index (χ4v) is 3.98. The Morgan fingerprint density at radius 2 is 1.93 bits per heavy atom. The van der Waals surface area contributed by atoms with Crippen molar-refractivity contribution in [3.05, 3.63) is 18.2 Å². The van der Waals surface area contributed by atoms with Crippen LogP contribution in [0.15, 0.2) is 18.2 Å². The van der Waals surface area contributed by atoms with Crippen LogP contribution in [0, 0.1) is 5.92 Å². The lowest BCUT2D eigenvalue weighted by molar-refractivity contribution is -0.131. The van der Waals surface area contributed by atoms with Crippen molar-refractivity contribution in [3.8, 4) is 11.5 Å². The van der Waals surface area contributed by atoms with Gasteiger partial charge in [0.2, 0.25) is 24.5 Å². The Balaban J connectivity index is 1.34. The van der Waals surface area contributed by atoms with Gasteiger partial charge in [0.25, 0.3) is 0 Å². The highest BCUT2D eigenvalue weighted by atomic mass is 16.7. The third-order valence-corrected chi connectivity index (χ3v) is 5.62. The molecular formula is C20H25N3O5. The van der Waals surface area contributed by atoms with Crippen molar-refractivity contribution >= 4 is 23.4 Å². The third-order valence-electron chi connectivity index (χ3n) is 5.62. The predicted molar refractivity (Wildman–Crippen MR) is 101 cm³/mol. The Labute approximate surface area is 163 Å². The summed E-state index contributed by atoms with van der Waals surface area (Å²) in [4.78, 5) is 38.9. The molecule has 1 saturated heterocycles. The molecule has 4 rings (SSSR count). The first-order valence-corrected chi connectivity index (χ1v) is 9.82. The van der Waals surface area contributed by atoms with Crippen molar-refractivity contribution in [2.45, 2.75) is 51.1 Å². The van der Waals surface area contributed by atoms with Gasteiger partial charge in [-0.1, -0.05) is 12.8 Å². The van der Waals surface area contributed by atoms with E-state index in [1.165, 1.54) is 0 Å². The van der Waals surface area contributed by atoms with Crippen molar-refractivity contribution in [1.82, 2.24) is 10.6 Å². The highest BCUT2D eigenvalue weighted by Crippen LogP contribution is 2.37. The van der Waals surface area contributed by atoms with Gasteiger partial charge in [0.05, 0.1) is 5.92 Å². The first kappa shape index (κ1) is 18.6. The van der Waals surface area contributed by atoms with Crippen LogP contribution in [-0.2, 0) is 14.4 Å². The number of carbonyl (C=O) groups is 3. The molecule has 1 aliphatic carbocycles. The van der Waals surface area contributed by atoms with Crippen LogP contribution in [-0.4, -0.2) is 43.1 Å². The summed E-state index contributed by atoms with van der Waals surface area (Å²) in [6, 6.07) is 4.87. The summed E-state index contributed by atoms with van der Waals surface area (Å²) in [6.07, 6.45) is 4.37. The van der Waals surface area contributed by atoms with Gasteiger partial charge in [-0.3, -0.25) is 14.4 Å². The standard InChI is InChI=1S/C20H25N3O5/c1-12(19(25)22-14-4-2-3-5-14)21-20(26)13-8-18(24)23(10-13)15-6-7-16-17(9-15)28-11-27-16/h6-7,9,12-14H,2-5,8,10-11H2,1H3,(H,21,26)(H,22,25)/t12-,13?/m0/s1. The Hall–Kier alpha value is -2.77. The molecule has 2 aliphatic heterocycles. The number of anilines is 1. The first-order valence-electron chi connectivity index (χ1n) is 9.82. The lowest BCUT2D eigenvalue weighted by Gasteiger charge is -2.20. The highest BCUT2D eigenvalue weighted by molar-refractivity contribution is 6.01. The van der Waals surface area contributed by atoms with E-state index in [0.717, 1.165) is 25.7 Å². The summed E-state index contributed by atoms with van der Waals surface area (Å²) in [5.74, 6) is 0.187. The van der Waals surface area contributed by atoms with E-state index < -0.39 is 12.0 Å². The van der Waals surface area contributed by atoms with Gasteiger partial charge >= 0.3 is 0 Å². The van der Waals surface area contributed by atoms with Crippen LogP contribution in [0.5, 0.6) is 11.5 Å². The molecule has 3 aliphatic rings. The van der Waals surface area contributed by atoms with E-state index >= 15 is 0 Å². The number of nitrogens with one attached hydrogen (secondary N) is 2. The number of hydrogen-bond donors (Lipinski definition) is 2. The quantitative estimate of drug-likeness (QED) is 0.795. The van der Waals surface area contributed by atoms with Crippen LogP contribution in [0.4, 0.5) is 5.69 Å². The van der Waals surface area contributed by atoms with Gasteiger partial charge in [-0.2, -0.15) is 0 Å². The lowest BCUT2D eigenvalue weighted by atomic mass is 10.1. The predicted octanol–water partition coefficient (Wildman–Crippen LogP) is 1.33. The molecule has 2 heterocycles. The molecule has 0 bridgehead atoms. The molecule has 0 radical (unpaired) electrons. The fraction of sp³-hybridized carbons (Fsp3) is 0.550. The summed E-state index contributed by atoms with van der Waals surface area (Å²) < 4.78 is 10.6. The van der Waals surface area contributed by atoms with Crippen LogP contribution in [0.3, 0.4) is 0 Å². The summed E-state index contributed by atoms with van der Waals surface area (Å²) in [5.41, 5.74) is 0.677. The maximum Gasteiger partial charge on any atom is 0.242 e. The molecule has 150 valence electrons. The molecule has 1 aromatic carbocycles. The average molecular weight is 387 g/mol. The van der Waals surface area contributed by atoms with Gasteiger partial charge in [-0.05, 0) is 31.9 Å². The van der Waals surface area contributed by atoms with Crippen LogP contribution >= 0.6 is 0 Å². The molecule has 2 N–H and O–H groups in total. The van der Waals surface area contributed by atoms with E-state index in [9.17, 15) is 14.4 Å². The number of carbonyl (C=O) groups excluding carboxylic acids is 3. The van der Waals surface area contributed by atoms with Crippen molar-refractivity contribution in [1.29, 1.82) is 0 Å². The summed E-state index contributed by atoms with van der Waals surface area (Å²) in [7, 11) is 0. The maximum atomic E-state index is 12.6. The number of rotatable bonds is 5. The van der Waals surface area contributed by atoms with Gasteiger partial charge in [0, 0.05) is 30.8 Å². The third kappa shape index (κ3) is 3.76. The van der Waals surface area contributed by atoms with Gasteiger partial charge in [-0.25, -0.2) is 0 Å². The molecule has 1 unspecified atom stereocenters. The molecule has 3 amide bonds. The molecule has 28 heavy (non-hydrogen) atoms. The zero-order valence-corrected chi connectivity index (χ0v) is 15.9. The molecule has 1 saturated carbocycles. The maximum absolute atomic E-state index is 12.6. The smallest absolute Gasteiger partial charge is 0.242 e. The van der Waals surface area contributed by atoms with E-state index in [-0.39, 0.29) is 43.5 Å². The second-order valence-electron chi connectivity index (χ2n) is 7.66. The Bertz CT molecular complexity index is 790.